The quantitative estimate of drug-likeness (QED) is 0.749. The number of nitrogens with zero attached hydrogens (tertiary/aromatic N) is 2. The summed E-state index contributed by atoms with van der Waals surface area (Å²) in [5, 5.41) is 15.0. The zero-order valence-electron chi connectivity index (χ0n) is 8.77. The van der Waals surface area contributed by atoms with E-state index in [-0.39, 0.29) is 18.4 Å². The molecule has 17 heavy (non-hydrogen) atoms. The number of carbonyl (C=O) groups excluding carboxylic acids is 1. The Morgan fingerprint density at radius 1 is 1.35 bits per heavy atom. The molecule has 0 aliphatic rings. The number of aromatic amines is 1. The van der Waals surface area contributed by atoms with Crippen molar-refractivity contribution in [3.8, 4) is 0 Å². The highest BCUT2D eigenvalue weighted by Crippen LogP contribution is 2.07. The number of hydrogen-bond donors (Lipinski definition) is 3. The van der Waals surface area contributed by atoms with Gasteiger partial charge >= 0.3 is 6.03 Å². The largest absolute Gasteiger partial charge is 0.332 e. The highest BCUT2D eigenvalue weighted by atomic mass is 19.1. The number of H-pyrrole nitrogens is 1. The number of halogens is 1. The molecule has 2 aromatic rings. The summed E-state index contributed by atoms with van der Waals surface area (Å²) < 4.78 is 12.6. The summed E-state index contributed by atoms with van der Waals surface area (Å²) in [6, 6.07) is 5.11. The number of rotatable bonds is 3. The Bertz CT molecular complexity index is 482. The Kier molecular flexibility index (Phi) is 3.29. The highest BCUT2D eigenvalue weighted by molar-refractivity contribution is 5.89. The Balaban J connectivity index is 1.83. The molecule has 2 amide bonds. The minimum absolute atomic E-state index is 0.267. The Hall–Kier alpha value is -2.44. The van der Waals surface area contributed by atoms with Crippen molar-refractivity contribution in [3.63, 3.8) is 0 Å². The third-order valence-electron chi connectivity index (χ3n) is 2.00. The molecule has 1 aromatic carbocycles. The number of carbonyl (C=O) groups is 1. The monoisotopic (exact) mass is 235 g/mol. The summed E-state index contributed by atoms with van der Waals surface area (Å²) in [7, 11) is 0. The van der Waals surface area contributed by atoms with Gasteiger partial charge in [0.05, 0.1) is 12.7 Å². The molecular weight excluding hydrogens is 225 g/mol. The molecule has 0 fully saturated rings. The van der Waals surface area contributed by atoms with E-state index in [9.17, 15) is 9.18 Å². The van der Waals surface area contributed by atoms with Gasteiger partial charge in [-0.25, -0.2) is 9.18 Å². The lowest BCUT2D eigenvalue weighted by Crippen LogP contribution is -2.28. The maximum absolute atomic E-state index is 12.6. The number of hydrogen-bond acceptors (Lipinski definition) is 3. The van der Waals surface area contributed by atoms with Crippen molar-refractivity contribution in [2.75, 3.05) is 5.32 Å². The van der Waals surface area contributed by atoms with Crippen LogP contribution in [0.15, 0.2) is 30.5 Å². The molecule has 0 radical (unpaired) electrons. The molecule has 0 aliphatic heterocycles. The normalized spacial score (nSPS) is 9.94. The van der Waals surface area contributed by atoms with E-state index in [1.54, 1.807) is 0 Å². The summed E-state index contributed by atoms with van der Waals surface area (Å²) in [5.74, 6) is -0.349. The fourth-order valence-corrected chi connectivity index (χ4v) is 1.19. The van der Waals surface area contributed by atoms with Gasteiger partial charge in [-0.2, -0.15) is 15.4 Å². The van der Waals surface area contributed by atoms with Crippen LogP contribution < -0.4 is 10.6 Å². The van der Waals surface area contributed by atoms with Crippen molar-refractivity contribution >= 4 is 11.7 Å². The number of aromatic nitrogens is 3. The van der Waals surface area contributed by atoms with E-state index in [0.29, 0.717) is 11.4 Å². The van der Waals surface area contributed by atoms with E-state index >= 15 is 0 Å². The lowest BCUT2D eigenvalue weighted by molar-refractivity contribution is 0.251. The SMILES string of the molecule is O=C(NCc1cn[nH]n1)Nc1ccc(F)cc1. The first kappa shape index (κ1) is 11.1. The molecule has 6 nitrogen and oxygen atoms in total. The smallest absolute Gasteiger partial charge is 0.319 e. The van der Waals surface area contributed by atoms with Gasteiger partial charge in [0.2, 0.25) is 0 Å². The summed E-state index contributed by atoms with van der Waals surface area (Å²) in [5.41, 5.74) is 1.14. The summed E-state index contributed by atoms with van der Waals surface area (Å²) in [6.45, 7) is 0.267. The first-order chi connectivity index (χ1) is 8.24. The van der Waals surface area contributed by atoms with E-state index in [1.807, 2.05) is 0 Å². The standard InChI is InChI=1S/C10H10FN5O/c11-7-1-3-8(4-2-7)14-10(17)12-5-9-6-13-16-15-9/h1-4,6H,5H2,(H2,12,14,17)(H,13,15,16). The molecule has 0 unspecified atom stereocenters. The van der Waals surface area contributed by atoms with Crippen LogP contribution in [0.4, 0.5) is 14.9 Å². The van der Waals surface area contributed by atoms with Crippen molar-refractivity contribution in [2.24, 2.45) is 0 Å². The molecule has 0 spiro atoms. The van der Waals surface area contributed by atoms with Gasteiger partial charge in [0, 0.05) is 5.69 Å². The third-order valence-corrected chi connectivity index (χ3v) is 2.00. The minimum Gasteiger partial charge on any atom is -0.332 e. The molecular formula is C10H10FN5O. The molecule has 7 heteroatoms. The number of urea groups is 1. The average molecular weight is 235 g/mol. The second-order valence-corrected chi connectivity index (χ2v) is 3.28. The molecule has 1 aromatic heterocycles. The number of amides is 2. The summed E-state index contributed by atoms with van der Waals surface area (Å²) in [6.07, 6.45) is 1.51. The van der Waals surface area contributed by atoms with Crippen LogP contribution in [0.5, 0.6) is 0 Å². The van der Waals surface area contributed by atoms with Gasteiger partial charge in [-0.3, -0.25) is 0 Å². The van der Waals surface area contributed by atoms with Gasteiger partial charge in [0.1, 0.15) is 11.5 Å². The number of benzene rings is 1. The van der Waals surface area contributed by atoms with Crippen molar-refractivity contribution < 1.29 is 9.18 Å². The van der Waals surface area contributed by atoms with Crippen molar-refractivity contribution in [1.82, 2.24) is 20.7 Å². The van der Waals surface area contributed by atoms with Gasteiger partial charge in [0.25, 0.3) is 0 Å². The predicted molar refractivity (Wildman–Crippen MR) is 58.6 cm³/mol. The molecule has 1 heterocycles. The summed E-state index contributed by atoms with van der Waals surface area (Å²) >= 11 is 0. The zero-order valence-corrected chi connectivity index (χ0v) is 8.77. The van der Waals surface area contributed by atoms with Gasteiger partial charge in [-0.1, -0.05) is 0 Å². The summed E-state index contributed by atoms with van der Waals surface area (Å²) in [4.78, 5) is 11.4. The second-order valence-electron chi connectivity index (χ2n) is 3.28. The first-order valence-corrected chi connectivity index (χ1v) is 4.89. The Morgan fingerprint density at radius 3 is 2.76 bits per heavy atom. The highest BCUT2D eigenvalue weighted by Gasteiger charge is 2.02. The minimum atomic E-state index is -0.389. The van der Waals surface area contributed by atoms with Gasteiger partial charge in [-0.05, 0) is 24.3 Å². The molecule has 0 aliphatic carbocycles. The van der Waals surface area contributed by atoms with Crippen LogP contribution in [-0.2, 0) is 6.54 Å². The van der Waals surface area contributed by atoms with Gasteiger partial charge in [0.15, 0.2) is 0 Å². The van der Waals surface area contributed by atoms with Crippen molar-refractivity contribution in [3.05, 3.63) is 42.0 Å². The average Bonchev–Trinajstić information content (AvgIpc) is 2.83. The lowest BCUT2D eigenvalue weighted by Gasteiger charge is -2.05. The zero-order chi connectivity index (χ0) is 12.1. The van der Waals surface area contributed by atoms with Crippen LogP contribution in [0.1, 0.15) is 5.69 Å². The molecule has 0 bridgehead atoms. The van der Waals surface area contributed by atoms with Crippen LogP contribution in [0.3, 0.4) is 0 Å². The van der Waals surface area contributed by atoms with E-state index in [4.69, 9.17) is 0 Å². The number of nitrogens with one attached hydrogen (secondary N) is 3. The van der Waals surface area contributed by atoms with Crippen LogP contribution >= 0.6 is 0 Å². The fourth-order valence-electron chi connectivity index (χ4n) is 1.19. The lowest BCUT2D eigenvalue weighted by atomic mass is 10.3. The Morgan fingerprint density at radius 2 is 2.12 bits per heavy atom. The van der Waals surface area contributed by atoms with Crippen molar-refractivity contribution in [2.45, 2.75) is 6.54 Å². The molecule has 88 valence electrons. The van der Waals surface area contributed by atoms with E-state index in [1.165, 1.54) is 30.5 Å². The second kappa shape index (κ2) is 5.06. The molecule has 0 saturated heterocycles. The topological polar surface area (TPSA) is 82.7 Å². The number of anilines is 1. The van der Waals surface area contributed by atoms with E-state index < -0.39 is 0 Å². The van der Waals surface area contributed by atoms with Gasteiger partial charge < -0.3 is 10.6 Å². The first-order valence-electron chi connectivity index (χ1n) is 4.89. The predicted octanol–water partition coefficient (Wildman–Crippen LogP) is 1.27. The molecule has 0 saturated carbocycles. The van der Waals surface area contributed by atoms with Gasteiger partial charge in [-0.15, -0.1) is 0 Å². The van der Waals surface area contributed by atoms with Crippen molar-refractivity contribution in [1.29, 1.82) is 0 Å². The van der Waals surface area contributed by atoms with Crippen LogP contribution in [0.25, 0.3) is 0 Å². The van der Waals surface area contributed by atoms with Crippen LogP contribution in [0, 0.1) is 5.82 Å². The maximum Gasteiger partial charge on any atom is 0.319 e. The maximum atomic E-state index is 12.6. The molecule has 2 rings (SSSR count). The third kappa shape index (κ3) is 3.26. The fraction of sp³-hybridized carbons (Fsp3) is 0.100. The molecule has 3 N–H and O–H groups in total. The van der Waals surface area contributed by atoms with Crippen LogP contribution in [0.2, 0.25) is 0 Å². The molecule has 0 atom stereocenters. The van der Waals surface area contributed by atoms with Crippen LogP contribution in [-0.4, -0.2) is 21.4 Å². The van der Waals surface area contributed by atoms with E-state index in [2.05, 4.69) is 26.0 Å². The Labute approximate surface area is 96.2 Å². The van der Waals surface area contributed by atoms with E-state index in [0.717, 1.165) is 0 Å².